The molecule has 0 radical (unpaired) electrons. The lowest BCUT2D eigenvalue weighted by Gasteiger charge is -2.27. The molecule has 0 fully saturated rings. The minimum atomic E-state index is -4.31. The summed E-state index contributed by atoms with van der Waals surface area (Å²) in [6.07, 6.45) is -2.94. The van der Waals surface area contributed by atoms with Crippen LogP contribution in [0.2, 0.25) is 0 Å². The van der Waals surface area contributed by atoms with Crippen LogP contribution < -0.4 is 9.64 Å². The number of halogens is 4. The van der Waals surface area contributed by atoms with E-state index in [1.54, 1.807) is 13.8 Å². The van der Waals surface area contributed by atoms with Crippen molar-refractivity contribution in [2.24, 2.45) is 0 Å². The molecule has 8 heteroatoms. The van der Waals surface area contributed by atoms with E-state index >= 15 is 0 Å². The molecule has 102 valence electrons. The van der Waals surface area contributed by atoms with E-state index in [-0.39, 0.29) is 17.9 Å². The van der Waals surface area contributed by atoms with Crippen LogP contribution in [0.25, 0.3) is 0 Å². The number of rotatable bonds is 4. The maximum Gasteiger partial charge on any atom is 0.406 e. The molecule has 0 aliphatic rings. The van der Waals surface area contributed by atoms with Gasteiger partial charge in [-0.15, -0.1) is 0 Å². The zero-order chi connectivity index (χ0) is 13.9. The van der Waals surface area contributed by atoms with Gasteiger partial charge in [0.25, 0.3) is 0 Å². The van der Waals surface area contributed by atoms with E-state index < -0.39 is 12.7 Å². The van der Waals surface area contributed by atoms with Gasteiger partial charge in [0.15, 0.2) is 0 Å². The van der Waals surface area contributed by atoms with Gasteiger partial charge < -0.3 is 9.64 Å². The summed E-state index contributed by atoms with van der Waals surface area (Å²) in [5, 5.41) is 0. The molecule has 0 saturated carbocycles. The monoisotopic (exact) mass is 327 g/mol. The van der Waals surface area contributed by atoms with Gasteiger partial charge in [-0.2, -0.15) is 18.2 Å². The zero-order valence-electron chi connectivity index (χ0n) is 10.1. The third-order valence-corrected chi connectivity index (χ3v) is 2.67. The topological polar surface area (TPSA) is 38.2 Å². The molecular formula is C10H13BrF3N3O. The highest BCUT2D eigenvalue weighted by molar-refractivity contribution is 9.10. The van der Waals surface area contributed by atoms with E-state index in [0.717, 1.165) is 4.90 Å². The van der Waals surface area contributed by atoms with Crippen LogP contribution in [0.5, 0.6) is 5.88 Å². The maximum atomic E-state index is 12.5. The van der Waals surface area contributed by atoms with E-state index in [1.165, 1.54) is 13.3 Å². The summed E-state index contributed by atoms with van der Waals surface area (Å²) < 4.78 is 42.9. The third-order valence-electron chi connectivity index (χ3n) is 2.12. The van der Waals surface area contributed by atoms with E-state index in [0.29, 0.717) is 4.47 Å². The molecule has 1 aromatic heterocycles. The van der Waals surface area contributed by atoms with Gasteiger partial charge in [0.2, 0.25) is 11.8 Å². The fourth-order valence-corrected chi connectivity index (χ4v) is 1.65. The maximum absolute atomic E-state index is 12.5. The van der Waals surface area contributed by atoms with Crippen molar-refractivity contribution in [2.75, 3.05) is 18.6 Å². The normalized spacial score (nSPS) is 11.8. The summed E-state index contributed by atoms with van der Waals surface area (Å²) in [6.45, 7) is 2.18. The molecule has 0 bridgehead atoms. The quantitative estimate of drug-likeness (QED) is 0.852. The van der Waals surface area contributed by atoms with Crippen molar-refractivity contribution >= 4 is 21.9 Å². The van der Waals surface area contributed by atoms with Gasteiger partial charge in [0.05, 0.1) is 17.8 Å². The van der Waals surface area contributed by atoms with Crippen molar-refractivity contribution in [3.63, 3.8) is 0 Å². The Morgan fingerprint density at radius 2 is 2.06 bits per heavy atom. The Morgan fingerprint density at radius 1 is 1.44 bits per heavy atom. The Morgan fingerprint density at radius 3 is 2.50 bits per heavy atom. The minimum absolute atomic E-state index is 0.0117. The molecule has 0 aromatic carbocycles. The summed E-state index contributed by atoms with van der Waals surface area (Å²) in [5.41, 5.74) is 0. The fourth-order valence-electron chi connectivity index (χ4n) is 1.30. The summed E-state index contributed by atoms with van der Waals surface area (Å²) >= 11 is 3.15. The molecule has 0 aliphatic heterocycles. The first-order valence-corrected chi connectivity index (χ1v) is 5.94. The summed E-state index contributed by atoms with van der Waals surface area (Å²) in [6, 6.07) is -0.377. The molecule has 1 heterocycles. The number of hydrogen-bond donors (Lipinski definition) is 0. The molecule has 0 amide bonds. The Hall–Kier alpha value is -1.05. The second-order valence-electron chi connectivity index (χ2n) is 3.86. The second kappa shape index (κ2) is 5.73. The van der Waals surface area contributed by atoms with E-state index in [1.807, 2.05) is 0 Å². The number of methoxy groups -OCH3 is 1. The average Bonchev–Trinajstić information content (AvgIpc) is 2.25. The highest BCUT2D eigenvalue weighted by atomic mass is 79.9. The van der Waals surface area contributed by atoms with E-state index in [9.17, 15) is 13.2 Å². The number of anilines is 1. The SMILES string of the molecule is COc1nc(N(CC(F)(F)F)C(C)C)ncc1Br. The molecule has 1 rings (SSSR count). The first kappa shape index (κ1) is 15.0. The molecule has 18 heavy (non-hydrogen) atoms. The second-order valence-corrected chi connectivity index (χ2v) is 4.72. The number of ether oxygens (including phenoxy) is 1. The highest BCUT2D eigenvalue weighted by Gasteiger charge is 2.33. The first-order valence-electron chi connectivity index (χ1n) is 5.14. The van der Waals surface area contributed by atoms with Crippen LogP contribution in [0.3, 0.4) is 0 Å². The largest absolute Gasteiger partial charge is 0.480 e. The van der Waals surface area contributed by atoms with Gasteiger partial charge in [-0.1, -0.05) is 0 Å². The summed E-state index contributed by atoms with van der Waals surface area (Å²) in [7, 11) is 1.39. The lowest BCUT2D eigenvalue weighted by atomic mass is 10.3. The van der Waals surface area contributed by atoms with Crippen LogP contribution in [0.4, 0.5) is 19.1 Å². The Balaban J connectivity index is 3.06. The minimum Gasteiger partial charge on any atom is -0.480 e. The van der Waals surface area contributed by atoms with Gasteiger partial charge in [0, 0.05) is 6.04 Å². The van der Waals surface area contributed by atoms with Gasteiger partial charge >= 0.3 is 6.18 Å². The highest BCUT2D eigenvalue weighted by Crippen LogP contribution is 2.26. The van der Waals surface area contributed by atoms with Crippen LogP contribution in [-0.4, -0.2) is 35.8 Å². The third kappa shape index (κ3) is 4.01. The van der Waals surface area contributed by atoms with Crippen molar-refractivity contribution < 1.29 is 17.9 Å². The number of nitrogens with zero attached hydrogens (tertiary/aromatic N) is 3. The van der Waals surface area contributed by atoms with Crippen molar-refractivity contribution in [2.45, 2.75) is 26.1 Å². The molecule has 1 aromatic rings. The number of hydrogen-bond acceptors (Lipinski definition) is 4. The standard InChI is InChI=1S/C10H13BrF3N3O/c1-6(2)17(5-10(12,13)14)9-15-4-7(11)8(16-9)18-3/h4,6H,5H2,1-3H3. The van der Waals surface area contributed by atoms with Gasteiger partial charge in [-0.05, 0) is 29.8 Å². The van der Waals surface area contributed by atoms with E-state index in [2.05, 4.69) is 25.9 Å². The molecular weight excluding hydrogens is 315 g/mol. The molecule has 0 atom stereocenters. The molecule has 0 spiro atoms. The van der Waals surface area contributed by atoms with Crippen LogP contribution in [-0.2, 0) is 0 Å². The summed E-state index contributed by atoms with van der Waals surface area (Å²) in [4.78, 5) is 8.89. The molecule has 0 N–H and O–H groups in total. The lowest BCUT2D eigenvalue weighted by molar-refractivity contribution is -0.120. The predicted molar refractivity (Wildman–Crippen MR) is 64.8 cm³/mol. The first-order chi connectivity index (χ1) is 8.24. The van der Waals surface area contributed by atoms with Crippen LogP contribution >= 0.6 is 15.9 Å². The Labute approximate surface area is 111 Å². The van der Waals surface area contributed by atoms with Crippen molar-refractivity contribution in [3.8, 4) is 5.88 Å². The smallest absolute Gasteiger partial charge is 0.406 e. The van der Waals surface area contributed by atoms with Crippen molar-refractivity contribution in [3.05, 3.63) is 10.7 Å². The Kier molecular flexibility index (Phi) is 4.78. The van der Waals surface area contributed by atoms with Gasteiger partial charge in [-0.3, -0.25) is 0 Å². The molecule has 0 unspecified atom stereocenters. The van der Waals surface area contributed by atoms with Crippen LogP contribution in [0, 0.1) is 0 Å². The molecule has 0 aliphatic carbocycles. The Bertz CT molecular complexity index is 412. The van der Waals surface area contributed by atoms with Crippen LogP contribution in [0.1, 0.15) is 13.8 Å². The molecule has 4 nitrogen and oxygen atoms in total. The number of aromatic nitrogens is 2. The summed E-state index contributed by atoms with van der Waals surface area (Å²) in [5.74, 6) is 0.190. The van der Waals surface area contributed by atoms with Crippen molar-refractivity contribution in [1.82, 2.24) is 9.97 Å². The fraction of sp³-hybridized carbons (Fsp3) is 0.600. The zero-order valence-corrected chi connectivity index (χ0v) is 11.7. The van der Waals surface area contributed by atoms with Gasteiger partial charge in [0.1, 0.15) is 6.54 Å². The van der Waals surface area contributed by atoms with Crippen molar-refractivity contribution in [1.29, 1.82) is 0 Å². The predicted octanol–water partition coefficient (Wildman–Crippen LogP) is 3.02. The van der Waals surface area contributed by atoms with Crippen LogP contribution in [0.15, 0.2) is 10.7 Å². The number of alkyl halides is 3. The van der Waals surface area contributed by atoms with Gasteiger partial charge in [-0.25, -0.2) is 4.98 Å². The molecule has 0 saturated heterocycles. The van der Waals surface area contributed by atoms with E-state index in [4.69, 9.17) is 4.74 Å². The average molecular weight is 328 g/mol. The lowest BCUT2D eigenvalue weighted by Crippen LogP contribution is -2.40.